The van der Waals surface area contributed by atoms with Crippen molar-refractivity contribution in [2.75, 3.05) is 25.5 Å². The van der Waals surface area contributed by atoms with Crippen LogP contribution in [0.5, 0.6) is 0 Å². The molecule has 0 saturated heterocycles. The zero-order valence-electron chi connectivity index (χ0n) is 15.2. The Morgan fingerprint density at radius 3 is 2.27 bits per heavy atom. The van der Waals surface area contributed by atoms with E-state index in [1.807, 2.05) is 32.0 Å². The molecule has 1 atom stereocenters. The molecule has 2 amide bonds. The minimum atomic E-state index is -1.15. The van der Waals surface area contributed by atoms with Crippen LogP contribution in [0.15, 0.2) is 18.2 Å². The van der Waals surface area contributed by atoms with E-state index >= 15 is 0 Å². The second-order valence-corrected chi connectivity index (χ2v) is 8.34. The molecular formula is C18H22Cl2N2O4. The molecule has 1 aromatic carbocycles. The van der Waals surface area contributed by atoms with Gasteiger partial charge in [-0.15, -0.1) is 23.2 Å². The van der Waals surface area contributed by atoms with Gasteiger partial charge in [-0.1, -0.05) is 18.2 Å². The van der Waals surface area contributed by atoms with Gasteiger partial charge in [0.05, 0.1) is 6.54 Å². The van der Waals surface area contributed by atoms with Gasteiger partial charge in [0, 0.05) is 19.2 Å². The van der Waals surface area contributed by atoms with Gasteiger partial charge in [-0.05, 0) is 31.9 Å². The fraction of sp³-hybridized carbons (Fsp3) is 0.500. The SMILES string of the molecule is Cc1cccc(C)c1NC(=O)CN(C)C(=O)COC(=O)[C@@]1(C)CC1(Cl)Cl. The van der Waals surface area contributed by atoms with Crippen molar-refractivity contribution in [3.8, 4) is 0 Å². The Hall–Kier alpha value is -1.79. The molecule has 1 aromatic rings. The summed E-state index contributed by atoms with van der Waals surface area (Å²) in [6, 6.07) is 5.69. The number of halogens is 2. The van der Waals surface area contributed by atoms with Gasteiger partial charge in [0.15, 0.2) is 6.61 Å². The largest absolute Gasteiger partial charge is 0.455 e. The van der Waals surface area contributed by atoms with Crippen molar-refractivity contribution < 1.29 is 19.1 Å². The van der Waals surface area contributed by atoms with E-state index in [4.69, 9.17) is 27.9 Å². The predicted octanol–water partition coefficient (Wildman–Crippen LogP) is 2.83. The monoisotopic (exact) mass is 400 g/mol. The van der Waals surface area contributed by atoms with Gasteiger partial charge in [0.1, 0.15) is 9.75 Å². The molecule has 1 aliphatic carbocycles. The molecule has 26 heavy (non-hydrogen) atoms. The molecule has 2 rings (SSSR count). The Bertz CT molecular complexity index is 730. The zero-order valence-corrected chi connectivity index (χ0v) is 16.7. The molecule has 142 valence electrons. The third kappa shape index (κ3) is 4.30. The first-order chi connectivity index (χ1) is 12.0. The molecule has 8 heteroatoms. The summed E-state index contributed by atoms with van der Waals surface area (Å²) in [4.78, 5) is 37.4. The Balaban J connectivity index is 1.83. The summed E-state index contributed by atoms with van der Waals surface area (Å²) < 4.78 is 3.85. The second kappa shape index (κ2) is 7.45. The number of aryl methyl sites for hydroxylation is 2. The molecule has 0 heterocycles. The van der Waals surface area contributed by atoms with Crippen LogP contribution in [-0.2, 0) is 19.1 Å². The standard InChI is InChI=1S/C18H22Cl2N2O4/c1-11-6-5-7-12(2)15(11)21-13(23)8-22(4)14(24)9-26-16(25)17(3)10-18(17,19)20/h5-7H,8-10H2,1-4H3,(H,21,23)/t17-/m1/s1. The molecule has 1 fully saturated rings. The maximum atomic E-state index is 12.2. The highest BCUT2D eigenvalue weighted by molar-refractivity contribution is 6.53. The maximum Gasteiger partial charge on any atom is 0.315 e. The lowest BCUT2D eigenvalue weighted by Gasteiger charge is -2.19. The smallest absolute Gasteiger partial charge is 0.315 e. The summed E-state index contributed by atoms with van der Waals surface area (Å²) in [6.07, 6.45) is 0.282. The molecule has 0 bridgehead atoms. The van der Waals surface area contributed by atoms with Crippen LogP contribution < -0.4 is 5.32 Å². The molecule has 0 aromatic heterocycles. The normalized spacial score (nSPS) is 20.2. The number of hydrogen-bond donors (Lipinski definition) is 1. The average molecular weight is 401 g/mol. The van der Waals surface area contributed by atoms with Crippen LogP contribution in [0.2, 0.25) is 0 Å². The summed E-state index contributed by atoms with van der Waals surface area (Å²) >= 11 is 11.8. The highest BCUT2D eigenvalue weighted by atomic mass is 35.5. The first-order valence-electron chi connectivity index (χ1n) is 8.13. The number of nitrogens with zero attached hydrogens (tertiary/aromatic N) is 1. The van der Waals surface area contributed by atoms with Crippen molar-refractivity contribution in [3.05, 3.63) is 29.3 Å². The number of ether oxygens (including phenoxy) is 1. The van der Waals surface area contributed by atoms with E-state index in [0.717, 1.165) is 16.8 Å². The van der Waals surface area contributed by atoms with Gasteiger partial charge < -0.3 is 15.0 Å². The second-order valence-electron chi connectivity index (χ2n) is 6.85. The lowest BCUT2D eigenvalue weighted by molar-refractivity contribution is -0.156. The van der Waals surface area contributed by atoms with Crippen LogP contribution in [0.1, 0.15) is 24.5 Å². The van der Waals surface area contributed by atoms with Crippen molar-refractivity contribution in [1.82, 2.24) is 4.90 Å². The van der Waals surface area contributed by atoms with Crippen molar-refractivity contribution in [1.29, 1.82) is 0 Å². The van der Waals surface area contributed by atoms with Crippen molar-refractivity contribution in [3.63, 3.8) is 0 Å². The molecule has 6 nitrogen and oxygen atoms in total. The minimum absolute atomic E-state index is 0.156. The van der Waals surface area contributed by atoms with Gasteiger partial charge in [0.2, 0.25) is 5.91 Å². The fourth-order valence-electron chi connectivity index (χ4n) is 2.51. The summed E-state index contributed by atoms with van der Waals surface area (Å²) in [6.45, 7) is 4.75. The topological polar surface area (TPSA) is 75.7 Å². The molecule has 0 radical (unpaired) electrons. The average Bonchev–Trinajstić information content (AvgIpc) is 3.07. The van der Waals surface area contributed by atoms with Gasteiger partial charge >= 0.3 is 5.97 Å². The van der Waals surface area contributed by atoms with Gasteiger partial charge in [-0.2, -0.15) is 0 Å². The van der Waals surface area contributed by atoms with Crippen molar-refractivity contribution >= 4 is 46.7 Å². The highest BCUT2D eigenvalue weighted by Gasteiger charge is 2.69. The molecule has 0 spiro atoms. The van der Waals surface area contributed by atoms with E-state index < -0.39 is 28.2 Å². The summed E-state index contributed by atoms with van der Waals surface area (Å²) in [5.74, 6) is -1.45. The third-order valence-electron chi connectivity index (χ3n) is 4.59. The first kappa shape index (κ1) is 20.5. The van der Waals surface area contributed by atoms with Crippen LogP contribution >= 0.6 is 23.2 Å². The number of nitrogens with one attached hydrogen (secondary N) is 1. The first-order valence-corrected chi connectivity index (χ1v) is 8.88. The molecular weight excluding hydrogens is 379 g/mol. The van der Waals surface area contributed by atoms with Crippen molar-refractivity contribution in [2.45, 2.75) is 31.5 Å². The Kier molecular flexibility index (Phi) is 5.88. The quantitative estimate of drug-likeness (QED) is 0.588. The lowest BCUT2D eigenvalue weighted by atomic mass is 10.1. The maximum absolute atomic E-state index is 12.2. The highest BCUT2D eigenvalue weighted by Crippen LogP contribution is 2.64. The van der Waals surface area contributed by atoms with Crippen molar-refractivity contribution in [2.24, 2.45) is 5.41 Å². The van der Waals surface area contributed by atoms with Crippen LogP contribution in [0, 0.1) is 19.3 Å². The molecule has 1 N–H and O–H groups in total. The number of esters is 1. The number of carbonyl (C=O) groups excluding carboxylic acids is 3. The van der Waals surface area contributed by atoms with Crippen LogP contribution in [0.3, 0.4) is 0 Å². The molecule has 0 aliphatic heterocycles. The molecule has 1 saturated carbocycles. The number of amides is 2. The van der Waals surface area contributed by atoms with E-state index in [1.165, 1.54) is 11.9 Å². The summed E-state index contributed by atoms with van der Waals surface area (Å²) in [5.41, 5.74) is 1.61. The number of likely N-dealkylation sites (N-methyl/N-ethyl adjacent to an activating group) is 1. The van der Waals surface area contributed by atoms with Crippen LogP contribution in [0.4, 0.5) is 5.69 Å². The Morgan fingerprint density at radius 2 is 1.77 bits per heavy atom. The number of rotatable bonds is 6. The van der Waals surface area contributed by atoms with Gasteiger partial charge in [-0.25, -0.2) is 0 Å². The van der Waals surface area contributed by atoms with Crippen LogP contribution in [0.25, 0.3) is 0 Å². The van der Waals surface area contributed by atoms with Gasteiger partial charge in [0.25, 0.3) is 5.91 Å². The summed E-state index contributed by atoms with van der Waals surface area (Å²) in [7, 11) is 1.46. The Morgan fingerprint density at radius 1 is 1.23 bits per heavy atom. The number of benzene rings is 1. The number of anilines is 1. The van der Waals surface area contributed by atoms with Crippen LogP contribution in [-0.4, -0.2) is 47.2 Å². The van der Waals surface area contributed by atoms with E-state index in [0.29, 0.717) is 0 Å². The number of alkyl halides is 2. The minimum Gasteiger partial charge on any atom is -0.455 e. The molecule has 1 aliphatic rings. The number of para-hydroxylation sites is 1. The van der Waals surface area contributed by atoms with E-state index in [2.05, 4.69) is 5.32 Å². The van der Waals surface area contributed by atoms with E-state index in [-0.39, 0.29) is 18.9 Å². The van der Waals surface area contributed by atoms with Gasteiger partial charge in [-0.3, -0.25) is 14.4 Å². The number of hydrogen-bond acceptors (Lipinski definition) is 4. The third-order valence-corrected chi connectivity index (χ3v) is 5.69. The lowest BCUT2D eigenvalue weighted by Crippen LogP contribution is -2.38. The fourth-order valence-corrected chi connectivity index (χ4v) is 3.20. The number of carbonyl (C=O) groups is 3. The van der Waals surface area contributed by atoms with E-state index in [1.54, 1.807) is 6.92 Å². The predicted molar refractivity (Wildman–Crippen MR) is 100 cm³/mol. The Labute approximate surface area is 162 Å². The molecule has 0 unspecified atom stereocenters. The zero-order chi connectivity index (χ0) is 19.7. The van der Waals surface area contributed by atoms with E-state index in [9.17, 15) is 14.4 Å². The summed E-state index contributed by atoms with van der Waals surface area (Å²) in [5, 5.41) is 2.80.